The van der Waals surface area contributed by atoms with Gasteiger partial charge in [0.1, 0.15) is 5.76 Å². The second-order valence-electron chi connectivity index (χ2n) is 6.15. The van der Waals surface area contributed by atoms with E-state index in [0.29, 0.717) is 6.04 Å². The summed E-state index contributed by atoms with van der Waals surface area (Å²) in [6.45, 7) is 8.54. The number of fused-ring (bicyclic) bond motifs is 1. The average molecular weight is 260 g/mol. The van der Waals surface area contributed by atoms with Gasteiger partial charge in [-0.1, -0.05) is 18.7 Å². The van der Waals surface area contributed by atoms with Crippen molar-refractivity contribution in [1.82, 2.24) is 4.57 Å². The van der Waals surface area contributed by atoms with E-state index in [1.807, 2.05) is 0 Å². The fraction of sp³-hybridized carbons (Fsp3) is 0.800. The Balaban J connectivity index is 2.53. The van der Waals surface area contributed by atoms with Crippen LogP contribution in [0.2, 0.25) is 5.82 Å². The molecule has 0 saturated heterocycles. The van der Waals surface area contributed by atoms with Gasteiger partial charge in [0.25, 0.3) is 5.68 Å². The van der Waals surface area contributed by atoms with Crippen molar-refractivity contribution in [2.45, 2.75) is 77.7 Å². The minimum Gasteiger partial charge on any atom is -0.428 e. The standard InChI is InChI=1S/C15H25BN2O/c1-10(2)17-15-18(11(3)4)13-8-6-5-7-12(16)9-14(13)19-15/h10-12H,5-9H2,1-4H3. The molecule has 1 atom stereocenters. The molecular weight excluding hydrogens is 235 g/mol. The van der Waals surface area contributed by atoms with Crippen LogP contribution in [-0.4, -0.2) is 18.5 Å². The molecule has 0 aromatic carbocycles. The van der Waals surface area contributed by atoms with E-state index in [-0.39, 0.29) is 11.9 Å². The molecule has 0 spiro atoms. The highest BCUT2D eigenvalue weighted by Crippen LogP contribution is 2.26. The van der Waals surface area contributed by atoms with E-state index in [1.54, 1.807) is 0 Å². The van der Waals surface area contributed by atoms with Crippen molar-refractivity contribution in [3.63, 3.8) is 0 Å². The first-order chi connectivity index (χ1) is 8.99. The normalized spacial score (nSPS) is 21.6. The third kappa shape index (κ3) is 3.34. The van der Waals surface area contributed by atoms with Gasteiger partial charge in [0.15, 0.2) is 0 Å². The Labute approximate surface area is 117 Å². The summed E-state index contributed by atoms with van der Waals surface area (Å²) in [7, 11) is 6.16. The Morgan fingerprint density at radius 2 is 2.00 bits per heavy atom. The van der Waals surface area contributed by atoms with Crippen molar-refractivity contribution < 1.29 is 4.42 Å². The summed E-state index contributed by atoms with van der Waals surface area (Å²) >= 11 is 0. The molecule has 1 heterocycles. The molecule has 0 saturated carbocycles. The summed E-state index contributed by atoms with van der Waals surface area (Å²) in [4.78, 5) is 4.63. The predicted octanol–water partition coefficient (Wildman–Crippen LogP) is 3.20. The van der Waals surface area contributed by atoms with Crippen LogP contribution in [0.1, 0.15) is 64.5 Å². The average Bonchev–Trinajstić information content (AvgIpc) is 2.58. The molecule has 4 heteroatoms. The van der Waals surface area contributed by atoms with E-state index in [2.05, 4.69) is 37.3 Å². The van der Waals surface area contributed by atoms with Crippen LogP contribution in [0.5, 0.6) is 0 Å². The van der Waals surface area contributed by atoms with Gasteiger partial charge in [-0.15, -0.1) is 0 Å². The van der Waals surface area contributed by atoms with Gasteiger partial charge in [0.05, 0.1) is 13.5 Å². The molecule has 3 nitrogen and oxygen atoms in total. The van der Waals surface area contributed by atoms with Gasteiger partial charge in [-0.25, -0.2) is 4.99 Å². The quantitative estimate of drug-likeness (QED) is 0.751. The molecule has 2 radical (unpaired) electrons. The molecule has 1 aromatic rings. The molecular formula is C15H25BN2O. The summed E-state index contributed by atoms with van der Waals surface area (Å²) < 4.78 is 8.29. The first kappa shape index (κ1) is 14.5. The number of nitrogens with zero attached hydrogens (tertiary/aromatic N) is 2. The van der Waals surface area contributed by atoms with Crippen LogP contribution < -0.4 is 5.68 Å². The Kier molecular flexibility index (Phi) is 4.59. The Hall–Kier alpha value is -0.925. The monoisotopic (exact) mass is 260 g/mol. The molecule has 19 heavy (non-hydrogen) atoms. The zero-order valence-corrected chi connectivity index (χ0v) is 12.6. The summed E-state index contributed by atoms with van der Waals surface area (Å²) in [6.07, 6.45) is 5.42. The Bertz CT molecular complexity index is 485. The van der Waals surface area contributed by atoms with E-state index in [0.717, 1.165) is 30.7 Å². The first-order valence-corrected chi connectivity index (χ1v) is 7.51. The predicted molar refractivity (Wildman–Crippen MR) is 78.5 cm³/mol. The van der Waals surface area contributed by atoms with E-state index in [9.17, 15) is 0 Å². The molecule has 2 rings (SSSR count). The van der Waals surface area contributed by atoms with Gasteiger partial charge in [-0.3, -0.25) is 4.57 Å². The van der Waals surface area contributed by atoms with Crippen LogP contribution in [0, 0.1) is 0 Å². The van der Waals surface area contributed by atoms with Crippen LogP contribution >= 0.6 is 0 Å². The van der Waals surface area contributed by atoms with Gasteiger partial charge in [-0.05, 0) is 40.5 Å². The van der Waals surface area contributed by atoms with Crippen LogP contribution in [0.3, 0.4) is 0 Å². The maximum Gasteiger partial charge on any atom is 0.297 e. The summed E-state index contributed by atoms with van der Waals surface area (Å²) in [5, 5.41) is 0. The highest BCUT2D eigenvalue weighted by molar-refractivity contribution is 6.11. The molecule has 0 amide bonds. The topological polar surface area (TPSA) is 30.4 Å². The lowest BCUT2D eigenvalue weighted by molar-refractivity contribution is 0.402. The smallest absolute Gasteiger partial charge is 0.297 e. The molecule has 1 unspecified atom stereocenters. The molecule has 0 aliphatic heterocycles. The minimum atomic E-state index is 0.220. The van der Waals surface area contributed by atoms with Crippen molar-refractivity contribution in [1.29, 1.82) is 0 Å². The number of rotatable bonds is 2. The third-order valence-electron chi connectivity index (χ3n) is 3.60. The van der Waals surface area contributed by atoms with E-state index >= 15 is 0 Å². The lowest BCUT2D eigenvalue weighted by atomic mass is 9.78. The fourth-order valence-electron chi connectivity index (χ4n) is 2.77. The van der Waals surface area contributed by atoms with Crippen LogP contribution in [0.15, 0.2) is 9.41 Å². The molecule has 0 N–H and O–H groups in total. The van der Waals surface area contributed by atoms with Crippen LogP contribution in [0.4, 0.5) is 0 Å². The van der Waals surface area contributed by atoms with E-state index in [1.165, 1.54) is 18.5 Å². The second kappa shape index (κ2) is 6.02. The lowest BCUT2D eigenvalue weighted by Gasteiger charge is -2.17. The van der Waals surface area contributed by atoms with Crippen molar-refractivity contribution in [2.24, 2.45) is 4.99 Å². The minimum absolute atomic E-state index is 0.220. The van der Waals surface area contributed by atoms with Crippen molar-refractivity contribution in [2.75, 3.05) is 0 Å². The Morgan fingerprint density at radius 1 is 1.26 bits per heavy atom. The van der Waals surface area contributed by atoms with Gasteiger partial charge < -0.3 is 4.42 Å². The summed E-state index contributed by atoms with van der Waals surface area (Å²) in [5.74, 6) is 1.28. The van der Waals surface area contributed by atoms with Gasteiger partial charge >= 0.3 is 0 Å². The number of hydrogen-bond donors (Lipinski definition) is 0. The fourth-order valence-corrected chi connectivity index (χ4v) is 2.77. The highest BCUT2D eigenvalue weighted by Gasteiger charge is 2.21. The number of aromatic nitrogens is 1. The molecule has 1 aliphatic carbocycles. The maximum absolute atomic E-state index is 6.16. The first-order valence-electron chi connectivity index (χ1n) is 7.51. The maximum atomic E-state index is 6.16. The number of hydrogen-bond acceptors (Lipinski definition) is 2. The van der Waals surface area contributed by atoms with Gasteiger partial charge in [0, 0.05) is 18.5 Å². The zero-order valence-electron chi connectivity index (χ0n) is 12.6. The van der Waals surface area contributed by atoms with Crippen LogP contribution in [-0.2, 0) is 12.8 Å². The summed E-state index contributed by atoms with van der Waals surface area (Å²) in [6, 6.07) is 0.622. The highest BCUT2D eigenvalue weighted by atomic mass is 16.4. The van der Waals surface area contributed by atoms with Crippen molar-refractivity contribution in [3.05, 3.63) is 17.1 Å². The number of oxazole rings is 1. The third-order valence-corrected chi connectivity index (χ3v) is 3.60. The van der Waals surface area contributed by atoms with Crippen molar-refractivity contribution in [3.8, 4) is 0 Å². The molecule has 104 valence electrons. The molecule has 1 aliphatic rings. The Morgan fingerprint density at radius 3 is 2.63 bits per heavy atom. The summed E-state index contributed by atoms with van der Waals surface area (Å²) in [5.41, 5.74) is 2.08. The second-order valence-corrected chi connectivity index (χ2v) is 6.15. The molecule has 0 bridgehead atoms. The zero-order chi connectivity index (χ0) is 14.0. The lowest BCUT2D eigenvalue weighted by Crippen LogP contribution is -2.22. The van der Waals surface area contributed by atoms with E-state index in [4.69, 9.17) is 12.3 Å². The SMILES string of the molecule is [B]C1CCCCc2c(oc(=NC(C)C)n2C(C)C)C1. The molecule has 0 fully saturated rings. The van der Waals surface area contributed by atoms with E-state index < -0.39 is 0 Å². The van der Waals surface area contributed by atoms with Gasteiger partial charge in [0.2, 0.25) is 0 Å². The van der Waals surface area contributed by atoms with Gasteiger partial charge in [-0.2, -0.15) is 0 Å². The van der Waals surface area contributed by atoms with Crippen molar-refractivity contribution >= 4 is 7.85 Å². The molecule has 1 aromatic heterocycles. The largest absolute Gasteiger partial charge is 0.428 e. The van der Waals surface area contributed by atoms with Crippen LogP contribution in [0.25, 0.3) is 0 Å².